The van der Waals surface area contributed by atoms with Gasteiger partial charge < -0.3 is 18.9 Å². The predicted molar refractivity (Wildman–Crippen MR) is 198 cm³/mol. The Bertz CT molecular complexity index is 2040. The highest BCUT2D eigenvalue weighted by Gasteiger charge is 2.56. The Hall–Kier alpha value is -6.26. The van der Waals surface area contributed by atoms with E-state index in [1.54, 1.807) is 27.7 Å². The molecule has 0 saturated carbocycles. The molecule has 0 amide bonds. The van der Waals surface area contributed by atoms with E-state index in [-0.39, 0.29) is 63.2 Å². The molecule has 10 heteroatoms. The first kappa shape index (κ1) is 37.5. The molecule has 0 saturated heterocycles. The van der Waals surface area contributed by atoms with Gasteiger partial charge >= 0.3 is 23.9 Å². The third-order valence-electron chi connectivity index (χ3n) is 10.3. The van der Waals surface area contributed by atoms with Crippen LogP contribution in [0.2, 0.25) is 0 Å². The van der Waals surface area contributed by atoms with Gasteiger partial charge in [-0.25, -0.2) is 0 Å². The van der Waals surface area contributed by atoms with Crippen molar-refractivity contribution in [3.8, 4) is 45.5 Å². The zero-order valence-corrected chi connectivity index (χ0v) is 30.7. The predicted octanol–water partition coefficient (Wildman–Crippen LogP) is 6.85. The van der Waals surface area contributed by atoms with Gasteiger partial charge in [-0.05, 0) is 86.1 Å². The van der Waals surface area contributed by atoms with Crippen molar-refractivity contribution >= 4 is 23.9 Å². The topological polar surface area (TPSA) is 153 Å². The minimum absolute atomic E-state index is 0.0247. The van der Waals surface area contributed by atoms with Gasteiger partial charge in [-0.15, -0.1) is 0 Å². The molecule has 0 radical (unpaired) electrons. The lowest BCUT2D eigenvalue weighted by Gasteiger charge is -2.25. The zero-order chi connectivity index (χ0) is 38.6. The van der Waals surface area contributed by atoms with Crippen LogP contribution >= 0.6 is 0 Å². The largest absolute Gasteiger partial charge is 0.465 e. The third kappa shape index (κ3) is 6.18. The summed E-state index contributed by atoms with van der Waals surface area (Å²) in [4.78, 5) is 55.5. The summed E-state index contributed by atoms with van der Waals surface area (Å²) < 4.78 is 22.0. The van der Waals surface area contributed by atoms with Gasteiger partial charge in [0.15, 0.2) is 10.8 Å². The van der Waals surface area contributed by atoms with Crippen molar-refractivity contribution in [2.45, 2.75) is 53.4 Å². The van der Waals surface area contributed by atoms with E-state index in [1.807, 2.05) is 72.8 Å². The Labute approximate surface area is 314 Å². The molecule has 4 aromatic carbocycles. The first-order valence-corrected chi connectivity index (χ1v) is 18.1. The van der Waals surface area contributed by atoms with Crippen LogP contribution in [-0.4, -0.2) is 50.3 Å². The summed E-state index contributed by atoms with van der Waals surface area (Å²) in [5.41, 5.74) is 2.23. The van der Waals surface area contributed by atoms with Crippen LogP contribution in [0.1, 0.15) is 61.1 Å². The van der Waals surface area contributed by atoms with Gasteiger partial charge in [0.1, 0.15) is 12.1 Å². The Morgan fingerprint density at radius 2 is 0.852 bits per heavy atom. The fourth-order valence-corrected chi connectivity index (χ4v) is 7.95. The van der Waals surface area contributed by atoms with Gasteiger partial charge in [-0.2, -0.15) is 10.5 Å². The lowest BCUT2D eigenvalue weighted by Crippen LogP contribution is -2.43. The SMILES string of the molecule is CCOC(=O)C1(C(=O)OCC)Cc2cc(-c3ccccc3)c(C#N)c(-c3c(C#N)c(-c4ccccc4)cc4c3CC(C(=O)OCC)(C(=O)OCC)C4)c2C1. The van der Waals surface area contributed by atoms with E-state index in [2.05, 4.69) is 12.1 Å². The molecule has 274 valence electrons. The minimum Gasteiger partial charge on any atom is -0.465 e. The van der Waals surface area contributed by atoms with Crippen LogP contribution in [0.4, 0.5) is 0 Å². The van der Waals surface area contributed by atoms with Crippen molar-refractivity contribution in [3.05, 3.63) is 106 Å². The Kier molecular flexibility index (Phi) is 10.7. The van der Waals surface area contributed by atoms with Crippen molar-refractivity contribution in [3.63, 3.8) is 0 Å². The van der Waals surface area contributed by atoms with Crippen LogP contribution in [0.15, 0.2) is 72.8 Å². The summed E-state index contributed by atoms with van der Waals surface area (Å²) in [6.07, 6.45) is -0.489. The zero-order valence-electron chi connectivity index (χ0n) is 30.7. The molecule has 0 unspecified atom stereocenters. The second kappa shape index (κ2) is 15.4. The highest BCUT2D eigenvalue weighted by Crippen LogP contribution is 2.53. The standard InChI is InChI=1S/C44H40N2O8/c1-5-51-39(47)43(40(48)52-6-2)21-29-19-31(27-15-11-9-12-16-27)35(25-45)37(33(29)23-43)38-34-24-44(41(49)53-7-3,42(50)54-8-4)22-30(34)20-32(36(38)26-46)28-17-13-10-14-18-28/h9-20H,5-8,21-24H2,1-4H3. The Morgan fingerprint density at radius 3 is 1.13 bits per heavy atom. The maximum Gasteiger partial charge on any atom is 0.324 e. The molecule has 0 N–H and O–H groups in total. The normalized spacial score (nSPS) is 14.5. The van der Waals surface area contributed by atoms with E-state index in [0.29, 0.717) is 55.6 Å². The lowest BCUT2D eigenvalue weighted by atomic mass is 9.79. The molecule has 4 aromatic rings. The number of nitriles is 2. The molecule has 0 aromatic heterocycles. The average molecular weight is 725 g/mol. The quantitative estimate of drug-likeness (QED) is 0.0912. The Morgan fingerprint density at radius 1 is 0.537 bits per heavy atom. The van der Waals surface area contributed by atoms with E-state index in [0.717, 1.165) is 0 Å². The minimum atomic E-state index is -1.77. The van der Waals surface area contributed by atoms with Crippen molar-refractivity contribution < 1.29 is 38.1 Å². The van der Waals surface area contributed by atoms with Crippen LogP contribution in [0.3, 0.4) is 0 Å². The molecule has 54 heavy (non-hydrogen) atoms. The number of esters is 4. The number of carbonyl (C=O) groups excluding carboxylic acids is 4. The number of ether oxygens (including phenoxy) is 4. The number of benzene rings is 4. The molecule has 0 fully saturated rings. The van der Waals surface area contributed by atoms with E-state index in [1.165, 1.54) is 0 Å². The van der Waals surface area contributed by atoms with Crippen LogP contribution in [0, 0.1) is 33.5 Å². The summed E-state index contributed by atoms with van der Waals surface area (Å²) >= 11 is 0. The molecule has 0 heterocycles. The number of hydrogen-bond donors (Lipinski definition) is 0. The number of carbonyl (C=O) groups is 4. The summed E-state index contributed by atoms with van der Waals surface area (Å²) in [5, 5.41) is 22.2. The van der Waals surface area contributed by atoms with E-state index in [9.17, 15) is 29.7 Å². The highest BCUT2D eigenvalue weighted by molar-refractivity contribution is 6.05. The molecular formula is C44H40N2O8. The van der Waals surface area contributed by atoms with Crippen LogP contribution in [0.25, 0.3) is 33.4 Å². The van der Waals surface area contributed by atoms with Gasteiger partial charge in [-0.1, -0.05) is 60.7 Å². The van der Waals surface area contributed by atoms with E-state index in [4.69, 9.17) is 18.9 Å². The maximum atomic E-state index is 13.9. The molecule has 0 atom stereocenters. The number of hydrogen-bond acceptors (Lipinski definition) is 10. The fourth-order valence-electron chi connectivity index (χ4n) is 7.95. The maximum absolute atomic E-state index is 13.9. The summed E-state index contributed by atoms with van der Waals surface area (Å²) in [6, 6.07) is 26.9. The summed E-state index contributed by atoms with van der Waals surface area (Å²) in [7, 11) is 0. The second-order valence-corrected chi connectivity index (χ2v) is 13.3. The number of nitrogens with zero attached hydrogens (tertiary/aromatic N) is 2. The van der Waals surface area contributed by atoms with Crippen molar-refractivity contribution in [2.24, 2.45) is 10.8 Å². The second-order valence-electron chi connectivity index (χ2n) is 13.3. The highest BCUT2D eigenvalue weighted by atomic mass is 16.6. The number of rotatable bonds is 11. The van der Waals surface area contributed by atoms with Crippen molar-refractivity contribution in [1.82, 2.24) is 0 Å². The Balaban J connectivity index is 1.76. The average Bonchev–Trinajstić information content (AvgIpc) is 3.78. The molecule has 0 spiro atoms. The molecule has 6 rings (SSSR count). The van der Waals surface area contributed by atoms with Crippen molar-refractivity contribution in [1.29, 1.82) is 10.5 Å². The fraction of sp³-hybridized carbons (Fsp3) is 0.318. The first-order valence-electron chi connectivity index (χ1n) is 18.1. The monoisotopic (exact) mass is 724 g/mol. The molecule has 0 bridgehead atoms. The molecule has 2 aliphatic carbocycles. The van der Waals surface area contributed by atoms with Crippen LogP contribution in [-0.2, 0) is 63.8 Å². The molecule has 10 nitrogen and oxygen atoms in total. The van der Waals surface area contributed by atoms with E-state index >= 15 is 0 Å². The van der Waals surface area contributed by atoms with Crippen LogP contribution in [0.5, 0.6) is 0 Å². The molecule has 2 aliphatic rings. The van der Waals surface area contributed by atoms with E-state index < -0.39 is 34.7 Å². The lowest BCUT2D eigenvalue weighted by molar-refractivity contribution is -0.173. The van der Waals surface area contributed by atoms with Gasteiger partial charge in [0.05, 0.1) is 37.6 Å². The number of fused-ring (bicyclic) bond motifs is 2. The summed E-state index contributed by atoms with van der Waals surface area (Å²) in [5.74, 6) is -3.01. The third-order valence-corrected chi connectivity index (χ3v) is 10.3. The van der Waals surface area contributed by atoms with Gasteiger partial charge in [0, 0.05) is 35.1 Å². The summed E-state index contributed by atoms with van der Waals surface area (Å²) in [6.45, 7) is 6.72. The van der Waals surface area contributed by atoms with Crippen LogP contribution < -0.4 is 0 Å². The van der Waals surface area contributed by atoms with Crippen molar-refractivity contribution in [2.75, 3.05) is 26.4 Å². The van der Waals surface area contributed by atoms with Gasteiger partial charge in [0.25, 0.3) is 0 Å². The molecular weight excluding hydrogens is 684 g/mol. The van der Waals surface area contributed by atoms with Gasteiger partial charge in [0.2, 0.25) is 0 Å². The van der Waals surface area contributed by atoms with Gasteiger partial charge in [-0.3, -0.25) is 19.2 Å². The molecule has 0 aliphatic heterocycles. The first-order chi connectivity index (χ1) is 26.1. The smallest absolute Gasteiger partial charge is 0.324 e.